The Bertz CT molecular complexity index is 368. The van der Waals surface area contributed by atoms with E-state index in [4.69, 9.17) is 0 Å². The fraction of sp³-hybridized carbons (Fsp3) is 0.714. The van der Waals surface area contributed by atoms with Crippen molar-refractivity contribution in [1.82, 2.24) is 15.3 Å². The van der Waals surface area contributed by atoms with Crippen LogP contribution in [0.15, 0.2) is 12.4 Å². The Morgan fingerprint density at radius 3 is 2.79 bits per heavy atom. The molecule has 2 heterocycles. The molecule has 0 spiro atoms. The third-order valence-electron chi connectivity index (χ3n) is 3.62. The van der Waals surface area contributed by atoms with Crippen LogP contribution in [0.1, 0.15) is 38.2 Å². The number of aromatic nitrogens is 2. The van der Waals surface area contributed by atoms with E-state index in [0.29, 0.717) is 0 Å². The second-order valence-electron chi connectivity index (χ2n) is 5.05. The van der Waals surface area contributed by atoms with Crippen molar-refractivity contribution in [3.8, 4) is 0 Å². The molecule has 1 aliphatic rings. The third kappa shape index (κ3) is 3.88. The van der Waals surface area contributed by atoms with Crippen LogP contribution in [0.4, 0.5) is 5.95 Å². The number of aliphatic hydroxyl groups is 1. The highest BCUT2D eigenvalue weighted by molar-refractivity contribution is 5.32. The molecular formula is C14H24N4O. The van der Waals surface area contributed by atoms with Crippen LogP contribution >= 0.6 is 0 Å². The van der Waals surface area contributed by atoms with Gasteiger partial charge in [-0.15, -0.1) is 0 Å². The number of rotatable bonds is 5. The van der Waals surface area contributed by atoms with Crippen LogP contribution < -0.4 is 10.2 Å². The number of anilines is 1. The van der Waals surface area contributed by atoms with Crippen LogP contribution in [0.25, 0.3) is 0 Å². The van der Waals surface area contributed by atoms with E-state index in [1.54, 1.807) is 0 Å². The molecule has 1 saturated heterocycles. The van der Waals surface area contributed by atoms with Crippen LogP contribution in [-0.4, -0.2) is 40.8 Å². The van der Waals surface area contributed by atoms with Crippen molar-refractivity contribution in [3.05, 3.63) is 18.0 Å². The fourth-order valence-electron chi connectivity index (χ4n) is 2.49. The molecule has 1 aromatic heterocycles. The average Bonchev–Trinajstić information content (AvgIpc) is 2.70. The van der Waals surface area contributed by atoms with Crippen LogP contribution in [-0.2, 0) is 6.54 Å². The average molecular weight is 264 g/mol. The van der Waals surface area contributed by atoms with E-state index in [0.717, 1.165) is 44.0 Å². The Kier molecular flexibility index (Phi) is 5.54. The molecule has 5 heteroatoms. The molecule has 19 heavy (non-hydrogen) atoms. The Hall–Kier alpha value is -1.20. The minimum atomic E-state index is 0.169. The van der Waals surface area contributed by atoms with Gasteiger partial charge in [-0.05, 0) is 19.4 Å². The number of nitrogens with zero attached hydrogens (tertiary/aromatic N) is 3. The van der Waals surface area contributed by atoms with E-state index < -0.39 is 0 Å². The van der Waals surface area contributed by atoms with E-state index in [-0.39, 0.29) is 12.6 Å². The molecular weight excluding hydrogens is 240 g/mol. The van der Waals surface area contributed by atoms with Crippen LogP contribution in [0, 0.1) is 0 Å². The standard InChI is InChI=1S/C14H24N4O/c1-2-15-8-12-9-16-14(17-10-12)18-7-5-3-4-6-13(18)11-19/h9-10,13,15,19H,2-8,11H2,1H3. The van der Waals surface area contributed by atoms with E-state index in [9.17, 15) is 5.11 Å². The van der Waals surface area contributed by atoms with Gasteiger partial charge in [-0.1, -0.05) is 19.8 Å². The Morgan fingerprint density at radius 1 is 1.32 bits per heavy atom. The molecule has 1 aliphatic heterocycles. The van der Waals surface area contributed by atoms with Gasteiger partial charge in [-0.2, -0.15) is 0 Å². The number of aliphatic hydroxyl groups excluding tert-OH is 1. The summed E-state index contributed by atoms with van der Waals surface area (Å²) in [5, 5.41) is 12.8. The Labute approximate surface area is 115 Å². The zero-order valence-electron chi connectivity index (χ0n) is 11.7. The molecule has 0 aliphatic carbocycles. The van der Waals surface area contributed by atoms with Crippen LogP contribution in [0.5, 0.6) is 0 Å². The lowest BCUT2D eigenvalue weighted by Crippen LogP contribution is -2.38. The summed E-state index contributed by atoms with van der Waals surface area (Å²) in [5.74, 6) is 0.751. The van der Waals surface area contributed by atoms with Gasteiger partial charge < -0.3 is 15.3 Å². The third-order valence-corrected chi connectivity index (χ3v) is 3.62. The highest BCUT2D eigenvalue weighted by atomic mass is 16.3. The lowest BCUT2D eigenvalue weighted by Gasteiger charge is -2.28. The largest absolute Gasteiger partial charge is 0.394 e. The lowest BCUT2D eigenvalue weighted by atomic mass is 10.1. The molecule has 1 unspecified atom stereocenters. The van der Waals surface area contributed by atoms with Gasteiger partial charge in [0.25, 0.3) is 0 Å². The van der Waals surface area contributed by atoms with E-state index in [2.05, 4.69) is 27.1 Å². The molecule has 0 bridgehead atoms. The first-order chi connectivity index (χ1) is 9.35. The summed E-state index contributed by atoms with van der Waals surface area (Å²) in [6.07, 6.45) is 8.35. The zero-order chi connectivity index (χ0) is 13.5. The summed E-state index contributed by atoms with van der Waals surface area (Å²) < 4.78 is 0. The van der Waals surface area contributed by atoms with E-state index in [1.165, 1.54) is 12.8 Å². The molecule has 1 aromatic rings. The van der Waals surface area contributed by atoms with Crippen molar-refractivity contribution in [1.29, 1.82) is 0 Å². The first kappa shape index (κ1) is 14.2. The molecule has 0 radical (unpaired) electrons. The van der Waals surface area contributed by atoms with Gasteiger partial charge in [0.2, 0.25) is 5.95 Å². The summed E-state index contributed by atoms with van der Waals surface area (Å²) >= 11 is 0. The second-order valence-corrected chi connectivity index (χ2v) is 5.05. The molecule has 2 rings (SSSR count). The summed E-state index contributed by atoms with van der Waals surface area (Å²) in [5.41, 5.74) is 1.10. The second kappa shape index (κ2) is 7.40. The maximum atomic E-state index is 9.51. The Balaban J connectivity index is 2.06. The maximum absolute atomic E-state index is 9.51. The smallest absolute Gasteiger partial charge is 0.225 e. The monoisotopic (exact) mass is 264 g/mol. The predicted molar refractivity (Wildman–Crippen MR) is 76.1 cm³/mol. The van der Waals surface area contributed by atoms with Gasteiger partial charge in [0.1, 0.15) is 0 Å². The van der Waals surface area contributed by atoms with Crippen molar-refractivity contribution < 1.29 is 5.11 Å². The topological polar surface area (TPSA) is 61.3 Å². The van der Waals surface area contributed by atoms with Crippen LogP contribution in [0.3, 0.4) is 0 Å². The number of nitrogens with one attached hydrogen (secondary N) is 1. The first-order valence-electron chi connectivity index (χ1n) is 7.24. The molecule has 106 valence electrons. The lowest BCUT2D eigenvalue weighted by molar-refractivity contribution is 0.254. The first-order valence-corrected chi connectivity index (χ1v) is 7.24. The van der Waals surface area contributed by atoms with Gasteiger partial charge in [0.05, 0.1) is 12.6 Å². The predicted octanol–water partition coefficient (Wildman–Crippen LogP) is 1.33. The molecule has 2 N–H and O–H groups in total. The summed E-state index contributed by atoms with van der Waals surface area (Å²) in [6.45, 7) is 4.96. The Morgan fingerprint density at radius 2 is 2.11 bits per heavy atom. The molecule has 0 amide bonds. The molecule has 5 nitrogen and oxygen atoms in total. The normalized spacial score (nSPS) is 20.3. The quantitative estimate of drug-likeness (QED) is 0.840. The van der Waals surface area contributed by atoms with Gasteiger partial charge in [-0.25, -0.2) is 9.97 Å². The molecule has 1 fully saturated rings. The van der Waals surface area contributed by atoms with E-state index in [1.807, 2.05) is 12.4 Å². The van der Waals surface area contributed by atoms with Crippen LogP contribution in [0.2, 0.25) is 0 Å². The summed E-state index contributed by atoms with van der Waals surface area (Å²) in [7, 11) is 0. The summed E-state index contributed by atoms with van der Waals surface area (Å²) in [6, 6.07) is 0.169. The van der Waals surface area contributed by atoms with Gasteiger partial charge in [-0.3, -0.25) is 0 Å². The minimum Gasteiger partial charge on any atom is -0.394 e. The van der Waals surface area contributed by atoms with Crippen molar-refractivity contribution in [2.45, 2.75) is 45.2 Å². The maximum Gasteiger partial charge on any atom is 0.225 e. The van der Waals surface area contributed by atoms with Gasteiger partial charge in [0, 0.05) is 31.0 Å². The highest BCUT2D eigenvalue weighted by Gasteiger charge is 2.22. The van der Waals surface area contributed by atoms with Crippen molar-refractivity contribution in [2.24, 2.45) is 0 Å². The van der Waals surface area contributed by atoms with Crippen molar-refractivity contribution in [3.63, 3.8) is 0 Å². The molecule has 0 aromatic carbocycles. The molecule has 0 saturated carbocycles. The summed E-state index contributed by atoms with van der Waals surface area (Å²) in [4.78, 5) is 11.1. The minimum absolute atomic E-state index is 0.169. The van der Waals surface area contributed by atoms with Gasteiger partial charge in [0.15, 0.2) is 0 Å². The number of hydrogen-bond donors (Lipinski definition) is 2. The van der Waals surface area contributed by atoms with Crippen molar-refractivity contribution in [2.75, 3.05) is 24.6 Å². The SMILES string of the molecule is CCNCc1cnc(N2CCCCCC2CO)nc1. The zero-order valence-corrected chi connectivity index (χ0v) is 11.7. The molecule has 1 atom stereocenters. The fourth-order valence-corrected chi connectivity index (χ4v) is 2.49. The highest BCUT2D eigenvalue weighted by Crippen LogP contribution is 2.20. The van der Waals surface area contributed by atoms with Crippen molar-refractivity contribution >= 4 is 5.95 Å². The van der Waals surface area contributed by atoms with E-state index >= 15 is 0 Å². The van der Waals surface area contributed by atoms with Gasteiger partial charge >= 0.3 is 0 Å². The number of hydrogen-bond acceptors (Lipinski definition) is 5.